The first-order valence-electron chi connectivity index (χ1n) is 3.72. The highest BCUT2D eigenvalue weighted by atomic mass is 32.2. The van der Waals surface area contributed by atoms with Crippen LogP contribution in [0.1, 0.15) is 6.92 Å². The van der Waals surface area contributed by atoms with E-state index in [2.05, 4.69) is 4.74 Å². The molecule has 0 rings (SSSR count). The normalized spacial score (nSPS) is 12.2. The van der Waals surface area contributed by atoms with Gasteiger partial charge in [0, 0.05) is 5.75 Å². The number of esters is 1. The number of hydrogen-bond donors (Lipinski definition) is 2. The van der Waals surface area contributed by atoms with Gasteiger partial charge in [-0.15, -0.1) is 0 Å². The molecule has 0 aromatic carbocycles. The summed E-state index contributed by atoms with van der Waals surface area (Å²) in [5.41, 5.74) is 0. The molecule has 0 heterocycles. The average Bonchev–Trinajstić information content (AvgIpc) is 2.11. The summed E-state index contributed by atoms with van der Waals surface area (Å²) in [7, 11) is 0. The number of aliphatic hydroxyl groups is 1. The molecule has 0 aromatic rings. The molecular weight excluding hydrogens is 196 g/mol. The van der Waals surface area contributed by atoms with Crippen molar-refractivity contribution < 1.29 is 24.5 Å². The van der Waals surface area contributed by atoms with Crippen LogP contribution in [0.4, 0.5) is 0 Å². The minimum Gasteiger partial charge on any atom is -0.478 e. The van der Waals surface area contributed by atoms with Crippen LogP contribution in [0.2, 0.25) is 0 Å². The topological polar surface area (TPSA) is 83.8 Å². The Balaban J connectivity index is 3.94. The summed E-state index contributed by atoms with van der Waals surface area (Å²) >= 11 is 1.36. The van der Waals surface area contributed by atoms with Crippen molar-refractivity contribution in [2.45, 2.75) is 13.0 Å². The largest absolute Gasteiger partial charge is 0.478 e. The highest BCUT2D eigenvalue weighted by Gasteiger charge is 2.21. The molecule has 0 aromatic heterocycles. The van der Waals surface area contributed by atoms with Gasteiger partial charge in [-0.2, -0.15) is 11.8 Å². The van der Waals surface area contributed by atoms with E-state index < -0.39 is 24.6 Å². The number of thioether (sulfide) groups is 1. The van der Waals surface area contributed by atoms with Gasteiger partial charge >= 0.3 is 11.9 Å². The number of rotatable bonds is 6. The van der Waals surface area contributed by atoms with Crippen molar-refractivity contribution in [1.29, 1.82) is 0 Å². The van der Waals surface area contributed by atoms with Gasteiger partial charge in [0.1, 0.15) is 6.61 Å². The maximum absolute atomic E-state index is 10.5. The number of carbonyl (C=O) groups is 2. The average molecular weight is 208 g/mol. The zero-order valence-corrected chi connectivity index (χ0v) is 8.04. The lowest BCUT2D eigenvalue weighted by Gasteiger charge is -2.11. The van der Waals surface area contributed by atoms with Crippen molar-refractivity contribution in [2.24, 2.45) is 0 Å². The lowest BCUT2D eigenvalue weighted by atomic mass is 10.4. The maximum Gasteiger partial charge on any atom is 0.345 e. The van der Waals surface area contributed by atoms with Crippen LogP contribution >= 0.6 is 11.8 Å². The monoisotopic (exact) mass is 208 g/mol. The fraction of sp³-hybridized carbons (Fsp3) is 0.714. The zero-order chi connectivity index (χ0) is 10.3. The third-order valence-corrected chi connectivity index (χ3v) is 2.10. The van der Waals surface area contributed by atoms with E-state index in [1.807, 2.05) is 6.92 Å². The second kappa shape index (κ2) is 6.73. The minimum atomic E-state index is -1.19. The highest BCUT2D eigenvalue weighted by molar-refractivity contribution is 7.99. The number of aliphatic hydroxyl groups excluding tert-OH is 1. The maximum atomic E-state index is 10.5. The Labute approximate surface area is 80.1 Å². The standard InChI is InChI=1S/C7H12O5S/c1-2-13-4-5(7(10)11)12-6(9)3-8/h5,8H,2-4H2,1H3,(H,10,11). The van der Waals surface area contributed by atoms with E-state index in [1.54, 1.807) is 0 Å². The summed E-state index contributed by atoms with van der Waals surface area (Å²) in [4.78, 5) is 21.0. The Kier molecular flexibility index (Phi) is 6.34. The van der Waals surface area contributed by atoms with Crippen molar-refractivity contribution in [3.63, 3.8) is 0 Å². The first kappa shape index (κ1) is 12.2. The summed E-state index contributed by atoms with van der Waals surface area (Å²) in [5.74, 6) is -1.15. The number of carbonyl (C=O) groups excluding carboxylic acids is 1. The molecule has 5 nitrogen and oxygen atoms in total. The number of hydrogen-bond acceptors (Lipinski definition) is 5. The molecule has 0 radical (unpaired) electrons. The number of aliphatic carboxylic acids is 1. The van der Waals surface area contributed by atoms with Gasteiger partial charge in [-0.3, -0.25) is 0 Å². The molecule has 0 aliphatic carbocycles. The van der Waals surface area contributed by atoms with Gasteiger partial charge in [0.2, 0.25) is 6.10 Å². The third kappa shape index (κ3) is 5.48. The summed E-state index contributed by atoms with van der Waals surface area (Å²) in [5, 5.41) is 16.9. The first-order chi connectivity index (χ1) is 6.11. The molecule has 0 saturated carbocycles. The van der Waals surface area contributed by atoms with Crippen LogP contribution in [0.15, 0.2) is 0 Å². The molecule has 0 saturated heterocycles. The van der Waals surface area contributed by atoms with Crippen LogP contribution in [0, 0.1) is 0 Å². The SMILES string of the molecule is CCSCC(OC(=O)CO)C(=O)O. The van der Waals surface area contributed by atoms with Crippen LogP contribution in [0.5, 0.6) is 0 Å². The predicted molar refractivity (Wildman–Crippen MR) is 47.6 cm³/mol. The molecule has 1 atom stereocenters. The second-order valence-electron chi connectivity index (χ2n) is 2.13. The van der Waals surface area contributed by atoms with Crippen LogP contribution in [0.25, 0.3) is 0 Å². The van der Waals surface area contributed by atoms with E-state index in [0.717, 1.165) is 5.75 Å². The van der Waals surface area contributed by atoms with Gasteiger partial charge in [0.15, 0.2) is 0 Å². The lowest BCUT2D eigenvalue weighted by Crippen LogP contribution is -2.30. The van der Waals surface area contributed by atoms with E-state index in [4.69, 9.17) is 10.2 Å². The lowest BCUT2D eigenvalue weighted by molar-refractivity contribution is -0.164. The minimum absolute atomic E-state index is 0.206. The van der Waals surface area contributed by atoms with Crippen LogP contribution in [-0.4, -0.2) is 46.4 Å². The fourth-order valence-corrected chi connectivity index (χ4v) is 1.24. The molecule has 0 amide bonds. The molecule has 0 fully saturated rings. The Hall–Kier alpha value is -0.750. The van der Waals surface area contributed by atoms with Crippen molar-refractivity contribution in [3.8, 4) is 0 Å². The Morgan fingerprint density at radius 1 is 1.54 bits per heavy atom. The summed E-state index contributed by atoms with van der Waals surface area (Å²) in [6, 6.07) is 0. The molecule has 0 aliphatic rings. The number of carboxylic acids is 1. The number of ether oxygens (including phenoxy) is 1. The molecule has 0 bridgehead atoms. The van der Waals surface area contributed by atoms with E-state index >= 15 is 0 Å². The molecule has 76 valence electrons. The fourth-order valence-electron chi connectivity index (χ4n) is 0.577. The zero-order valence-electron chi connectivity index (χ0n) is 7.23. The van der Waals surface area contributed by atoms with Crippen molar-refractivity contribution in [1.82, 2.24) is 0 Å². The first-order valence-corrected chi connectivity index (χ1v) is 4.88. The van der Waals surface area contributed by atoms with Gasteiger partial charge in [0.25, 0.3) is 0 Å². The Morgan fingerprint density at radius 3 is 2.54 bits per heavy atom. The Bertz CT molecular complexity index is 182. The van der Waals surface area contributed by atoms with Crippen molar-refractivity contribution >= 4 is 23.7 Å². The molecule has 1 unspecified atom stereocenters. The summed E-state index contributed by atoms with van der Waals surface area (Å²) < 4.78 is 4.45. The van der Waals surface area contributed by atoms with Gasteiger partial charge in [0.05, 0.1) is 0 Å². The predicted octanol–water partition coefficient (Wildman–Crippen LogP) is -0.272. The van der Waals surface area contributed by atoms with Gasteiger partial charge in [-0.05, 0) is 5.75 Å². The molecule has 6 heteroatoms. The van der Waals surface area contributed by atoms with Crippen molar-refractivity contribution in [3.05, 3.63) is 0 Å². The smallest absolute Gasteiger partial charge is 0.345 e. The summed E-state index contributed by atoms with van der Waals surface area (Å²) in [6.07, 6.45) is -1.16. The molecule has 0 aliphatic heterocycles. The summed E-state index contributed by atoms with van der Waals surface area (Å²) in [6.45, 7) is 1.08. The van der Waals surface area contributed by atoms with E-state index in [-0.39, 0.29) is 5.75 Å². The van der Waals surface area contributed by atoms with Crippen molar-refractivity contribution in [2.75, 3.05) is 18.1 Å². The Morgan fingerprint density at radius 2 is 2.15 bits per heavy atom. The molecule has 0 spiro atoms. The van der Waals surface area contributed by atoms with E-state index in [0.29, 0.717) is 0 Å². The molecular formula is C7H12O5S. The highest BCUT2D eigenvalue weighted by Crippen LogP contribution is 2.05. The molecule has 2 N–H and O–H groups in total. The van der Waals surface area contributed by atoms with E-state index in [1.165, 1.54) is 11.8 Å². The molecule has 13 heavy (non-hydrogen) atoms. The van der Waals surface area contributed by atoms with Gasteiger partial charge in [-0.25, -0.2) is 9.59 Å². The van der Waals surface area contributed by atoms with Gasteiger partial charge in [-0.1, -0.05) is 6.92 Å². The van der Waals surface area contributed by atoms with E-state index in [9.17, 15) is 9.59 Å². The number of carboxylic acid groups (broad SMARTS) is 1. The third-order valence-electron chi connectivity index (χ3n) is 1.15. The van der Waals surface area contributed by atoms with Crippen LogP contribution in [-0.2, 0) is 14.3 Å². The quantitative estimate of drug-likeness (QED) is 0.584. The van der Waals surface area contributed by atoms with Crippen LogP contribution < -0.4 is 0 Å². The second-order valence-corrected chi connectivity index (χ2v) is 3.45. The van der Waals surface area contributed by atoms with Crippen LogP contribution in [0.3, 0.4) is 0 Å². The van der Waals surface area contributed by atoms with Gasteiger partial charge < -0.3 is 14.9 Å².